The highest BCUT2D eigenvalue weighted by molar-refractivity contribution is 5.93. The van der Waals surface area contributed by atoms with Gasteiger partial charge < -0.3 is 9.84 Å². The molecule has 0 radical (unpaired) electrons. The van der Waals surface area contributed by atoms with Crippen molar-refractivity contribution in [3.63, 3.8) is 0 Å². The van der Waals surface area contributed by atoms with Crippen molar-refractivity contribution in [3.05, 3.63) is 0 Å². The highest BCUT2D eigenvalue weighted by Gasteiger charge is 2.26. The second-order valence-electron chi connectivity index (χ2n) is 2.78. The van der Waals surface area contributed by atoms with Crippen LogP contribution in [0.5, 0.6) is 0 Å². The van der Waals surface area contributed by atoms with E-state index in [4.69, 9.17) is 9.84 Å². The van der Waals surface area contributed by atoms with Gasteiger partial charge in [0.25, 0.3) is 0 Å². The van der Waals surface area contributed by atoms with E-state index in [-0.39, 0.29) is 12.5 Å². The van der Waals surface area contributed by atoms with E-state index in [1.165, 1.54) is 0 Å². The lowest BCUT2D eigenvalue weighted by atomic mass is 10.1. The molecule has 0 aliphatic heterocycles. The quantitative estimate of drug-likeness (QED) is 0.511. The molecule has 0 saturated carbocycles. The molecule has 70 valence electrons. The SMILES string of the molecule is CCC(C(=O)O)C(=O)OC(C)C. The first-order valence-electron chi connectivity index (χ1n) is 3.92. The van der Waals surface area contributed by atoms with Crippen LogP contribution in [0, 0.1) is 5.92 Å². The van der Waals surface area contributed by atoms with Crippen LogP contribution in [0.25, 0.3) is 0 Å². The zero-order chi connectivity index (χ0) is 9.72. The van der Waals surface area contributed by atoms with Crippen molar-refractivity contribution in [2.24, 2.45) is 5.92 Å². The Labute approximate surface area is 71.5 Å². The summed E-state index contributed by atoms with van der Waals surface area (Å²) < 4.78 is 4.74. The molecule has 4 nitrogen and oxygen atoms in total. The number of esters is 1. The summed E-state index contributed by atoms with van der Waals surface area (Å²) in [7, 11) is 0. The van der Waals surface area contributed by atoms with Gasteiger partial charge >= 0.3 is 11.9 Å². The van der Waals surface area contributed by atoms with Crippen LogP contribution in [-0.4, -0.2) is 23.1 Å². The number of hydrogen-bond donors (Lipinski definition) is 1. The minimum absolute atomic E-state index is 0.258. The average molecular weight is 174 g/mol. The summed E-state index contributed by atoms with van der Waals surface area (Å²) in [6.45, 7) is 5.01. The van der Waals surface area contributed by atoms with Gasteiger partial charge in [-0.3, -0.25) is 9.59 Å². The Morgan fingerprint density at radius 1 is 1.42 bits per heavy atom. The van der Waals surface area contributed by atoms with Gasteiger partial charge in [0.2, 0.25) is 0 Å². The van der Waals surface area contributed by atoms with Gasteiger partial charge in [0.05, 0.1) is 6.10 Å². The molecular formula is C8H14O4. The number of rotatable bonds is 4. The Hall–Kier alpha value is -1.06. The first kappa shape index (κ1) is 10.9. The average Bonchev–Trinajstić information content (AvgIpc) is 1.85. The molecule has 0 rings (SSSR count). The van der Waals surface area contributed by atoms with Gasteiger partial charge in [-0.1, -0.05) is 6.92 Å². The maximum Gasteiger partial charge on any atom is 0.320 e. The Morgan fingerprint density at radius 2 is 1.92 bits per heavy atom. The van der Waals surface area contributed by atoms with Crippen molar-refractivity contribution in [1.82, 2.24) is 0 Å². The fourth-order valence-corrected chi connectivity index (χ4v) is 0.757. The Balaban J connectivity index is 4.13. The highest BCUT2D eigenvalue weighted by Crippen LogP contribution is 2.06. The van der Waals surface area contributed by atoms with Gasteiger partial charge in [-0.15, -0.1) is 0 Å². The molecule has 0 fully saturated rings. The van der Waals surface area contributed by atoms with E-state index in [1.807, 2.05) is 0 Å². The highest BCUT2D eigenvalue weighted by atomic mass is 16.5. The summed E-state index contributed by atoms with van der Waals surface area (Å²) in [6.07, 6.45) is 0.00634. The molecule has 0 saturated heterocycles. The molecule has 0 aliphatic carbocycles. The number of carbonyl (C=O) groups is 2. The van der Waals surface area contributed by atoms with Crippen molar-refractivity contribution in [2.75, 3.05) is 0 Å². The predicted molar refractivity (Wildman–Crippen MR) is 42.6 cm³/mol. The lowest BCUT2D eigenvalue weighted by Gasteiger charge is -2.11. The third-order valence-electron chi connectivity index (χ3n) is 1.34. The molecule has 0 spiro atoms. The molecule has 0 aromatic rings. The molecule has 12 heavy (non-hydrogen) atoms. The van der Waals surface area contributed by atoms with Crippen LogP contribution in [0.3, 0.4) is 0 Å². The monoisotopic (exact) mass is 174 g/mol. The van der Waals surface area contributed by atoms with E-state index in [1.54, 1.807) is 20.8 Å². The van der Waals surface area contributed by atoms with Gasteiger partial charge in [0.1, 0.15) is 0 Å². The van der Waals surface area contributed by atoms with Crippen molar-refractivity contribution in [2.45, 2.75) is 33.3 Å². The first-order chi connectivity index (χ1) is 5.49. The molecule has 0 aromatic carbocycles. The Kier molecular flexibility index (Phi) is 4.33. The van der Waals surface area contributed by atoms with Crippen LogP contribution in [0.2, 0.25) is 0 Å². The summed E-state index contributed by atoms with van der Waals surface area (Å²) in [5.41, 5.74) is 0. The van der Waals surface area contributed by atoms with Crippen LogP contribution in [0.15, 0.2) is 0 Å². The van der Waals surface area contributed by atoms with Crippen LogP contribution in [-0.2, 0) is 14.3 Å². The van der Waals surface area contributed by atoms with Crippen LogP contribution >= 0.6 is 0 Å². The smallest absolute Gasteiger partial charge is 0.320 e. The molecule has 0 aromatic heterocycles. The van der Waals surface area contributed by atoms with E-state index < -0.39 is 17.9 Å². The molecule has 4 heteroatoms. The molecule has 0 aliphatic rings. The Morgan fingerprint density at radius 3 is 2.17 bits per heavy atom. The van der Waals surface area contributed by atoms with Crippen LogP contribution < -0.4 is 0 Å². The van der Waals surface area contributed by atoms with Crippen molar-refractivity contribution in [1.29, 1.82) is 0 Å². The van der Waals surface area contributed by atoms with E-state index in [9.17, 15) is 9.59 Å². The predicted octanol–water partition coefficient (Wildman–Crippen LogP) is 1.05. The molecule has 0 amide bonds. The lowest BCUT2D eigenvalue weighted by Crippen LogP contribution is -2.27. The summed E-state index contributed by atoms with van der Waals surface area (Å²) >= 11 is 0. The van der Waals surface area contributed by atoms with Crippen molar-refractivity contribution < 1.29 is 19.4 Å². The summed E-state index contributed by atoms with van der Waals surface area (Å²) in [6, 6.07) is 0. The Bertz CT molecular complexity index is 174. The second kappa shape index (κ2) is 4.74. The van der Waals surface area contributed by atoms with Gasteiger partial charge in [-0.2, -0.15) is 0 Å². The molecule has 1 atom stereocenters. The zero-order valence-corrected chi connectivity index (χ0v) is 7.53. The molecule has 1 unspecified atom stereocenters. The largest absolute Gasteiger partial charge is 0.481 e. The minimum Gasteiger partial charge on any atom is -0.481 e. The van der Waals surface area contributed by atoms with Crippen molar-refractivity contribution in [3.8, 4) is 0 Å². The normalized spacial score (nSPS) is 12.7. The summed E-state index contributed by atoms with van der Waals surface area (Å²) in [5, 5.41) is 8.56. The van der Waals surface area contributed by atoms with E-state index in [2.05, 4.69) is 0 Å². The lowest BCUT2D eigenvalue weighted by molar-refractivity contribution is -0.161. The standard InChI is InChI=1S/C8H14O4/c1-4-6(7(9)10)8(11)12-5(2)3/h5-6H,4H2,1-3H3,(H,9,10). The number of ether oxygens (including phenoxy) is 1. The molecular weight excluding hydrogens is 160 g/mol. The number of carbonyl (C=O) groups excluding carboxylic acids is 1. The van der Waals surface area contributed by atoms with Gasteiger partial charge in [-0.25, -0.2) is 0 Å². The third-order valence-corrected chi connectivity index (χ3v) is 1.34. The zero-order valence-electron chi connectivity index (χ0n) is 7.53. The van der Waals surface area contributed by atoms with Crippen LogP contribution in [0.1, 0.15) is 27.2 Å². The molecule has 0 bridgehead atoms. The summed E-state index contributed by atoms with van der Waals surface area (Å²) in [4.78, 5) is 21.5. The van der Waals surface area contributed by atoms with Gasteiger partial charge in [0.15, 0.2) is 5.92 Å². The fourth-order valence-electron chi connectivity index (χ4n) is 0.757. The first-order valence-corrected chi connectivity index (χ1v) is 3.92. The minimum atomic E-state index is -1.12. The number of carboxylic acids is 1. The van der Waals surface area contributed by atoms with Gasteiger partial charge in [0, 0.05) is 0 Å². The van der Waals surface area contributed by atoms with Gasteiger partial charge in [-0.05, 0) is 20.3 Å². The summed E-state index contributed by atoms with van der Waals surface area (Å²) in [5.74, 6) is -2.80. The maximum atomic E-state index is 11.0. The fraction of sp³-hybridized carbons (Fsp3) is 0.750. The third kappa shape index (κ3) is 3.37. The second-order valence-corrected chi connectivity index (χ2v) is 2.78. The van der Waals surface area contributed by atoms with E-state index in [0.717, 1.165) is 0 Å². The molecule has 1 N–H and O–H groups in total. The maximum absolute atomic E-state index is 11.0. The van der Waals surface area contributed by atoms with E-state index >= 15 is 0 Å². The van der Waals surface area contributed by atoms with Crippen LogP contribution in [0.4, 0.5) is 0 Å². The number of hydrogen-bond acceptors (Lipinski definition) is 3. The number of aliphatic carboxylic acids is 1. The number of carboxylic acid groups (broad SMARTS) is 1. The van der Waals surface area contributed by atoms with E-state index in [0.29, 0.717) is 0 Å². The topological polar surface area (TPSA) is 63.6 Å². The van der Waals surface area contributed by atoms with Crippen molar-refractivity contribution >= 4 is 11.9 Å². The molecule has 0 heterocycles.